The van der Waals surface area contributed by atoms with Crippen molar-refractivity contribution in [1.29, 1.82) is 0 Å². The summed E-state index contributed by atoms with van der Waals surface area (Å²) in [6.07, 6.45) is -9.74. The lowest BCUT2D eigenvalue weighted by Crippen LogP contribution is -2.42. The van der Waals surface area contributed by atoms with E-state index in [0.29, 0.717) is 11.1 Å². The number of carbonyl (C=O) groups is 1. The van der Waals surface area contributed by atoms with Crippen LogP contribution < -0.4 is 0 Å². The van der Waals surface area contributed by atoms with Crippen LogP contribution in [-0.4, -0.2) is 17.2 Å². The molecule has 1 atom stereocenters. The van der Waals surface area contributed by atoms with Gasteiger partial charge >= 0.3 is 18.3 Å². The number of aliphatic carboxylic acids is 1. The number of carboxylic acid groups (broad SMARTS) is 1. The van der Waals surface area contributed by atoms with Crippen LogP contribution >= 0.6 is 0 Å². The van der Waals surface area contributed by atoms with Crippen molar-refractivity contribution < 1.29 is 41.0 Å². The van der Waals surface area contributed by atoms with Gasteiger partial charge in [0.25, 0.3) is 0 Å². The third-order valence-corrected chi connectivity index (χ3v) is 5.15. The van der Waals surface area contributed by atoms with E-state index in [2.05, 4.69) is 0 Å². The molecule has 0 saturated heterocycles. The number of alkyl halides is 6. The molecule has 0 aliphatic rings. The molecule has 180 valence electrons. The highest BCUT2D eigenvalue weighted by molar-refractivity contribution is 5.85. The van der Waals surface area contributed by atoms with Crippen molar-refractivity contribution in [2.75, 3.05) is 0 Å². The summed E-state index contributed by atoms with van der Waals surface area (Å²) in [6, 6.07) is 14.0. The Hall–Kier alpha value is -3.33. The number of carboxylic acids is 1. The number of rotatable bonds is 6. The Labute approximate surface area is 191 Å². The van der Waals surface area contributed by atoms with Crippen molar-refractivity contribution in [2.45, 2.75) is 37.9 Å². The van der Waals surface area contributed by atoms with Gasteiger partial charge in [0.05, 0.1) is 17.2 Å². The number of benzene rings is 3. The molecule has 9 heteroatoms. The molecule has 1 N–H and O–H groups in total. The Morgan fingerprint density at radius 2 is 1.18 bits per heavy atom. The van der Waals surface area contributed by atoms with Crippen molar-refractivity contribution in [3.63, 3.8) is 0 Å². The van der Waals surface area contributed by atoms with Gasteiger partial charge in [-0.05, 0) is 60.9 Å². The average molecular weight is 482 g/mol. The van der Waals surface area contributed by atoms with Crippen molar-refractivity contribution in [3.05, 3.63) is 95.1 Å². The molecular weight excluding hydrogens is 462 g/mol. The van der Waals surface area contributed by atoms with Crippen LogP contribution in [0.5, 0.6) is 0 Å². The van der Waals surface area contributed by atoms with E-state index in [1.165, 1.54) is 30.3 Å². The summed E-state index contributed by atoms with van der Waals surface area (Å²) in [4.78, 5) is 12.6. The lowest BCUT2D eigenvalue weighted by atomic mass is 9.84. The average Bonchev–Trinajstić information content (AvgIpc) is 2.76. The van der Waals surface area contributed by atoms with Gasteiger partial charge in [-0.3, -0.25) is 0 Å². The summed E-state index contributed by atoms with van der Waals surface area (Å²) in [6.45, 7) is 3.17. The van der Waals surface area contributed by atoms with E-state index in [1.807, 2.05) is 0 Å². The summed E-state index contributed by atoms with van der Waals surface area (Å²) >= 11 is 0. The molecule has 0 amide bonds. The molecule has 0 aliphatic carbocycles. The first-order valence-electron chi connectivity index (χ1n) is 10.1. The predicted octanol–water partition coefficient (Wildman–Crippen LogP) is 7.14. The maximum atomic E-state index is 13.0. The second kappa shape index (κ2) is 9.13. The first-order valence-corrected chi connectivity index (χ1v) is 10.1. The van der Waals surface area contributed by atoms with Crippen LogP contribution in [0.2, 0.25) is 0 Å². The third kappa shape index (κ3) is 5.09. The third-order valence-electron chi connectivity index (χ3n) is 5.15. The minimum Gasteiger partial charge on any atom is -0.479 e. The quantitative estimate of drug-likeness (QED) is 0.380. The second-order valence-electron chi connectivity index (χ2n) is 7.88. The van der Waals surface area contributed by atoms with Gasteiger partial charge in [-0.15, -0.1) is 0 Å². The Bertz CT molecular complexity index is 1150. The summed E-state index contributed by atoms with van der Waals surface area (Å²) in [7, 11) is 0. The van der Waals surface area contributed by atoms with Crippen LogP contribution in [0.3, 0.4) is 0 Å². The maximum absolute atomic E-state index is 13.0. The van der Waals surface area contributed by atoms with E-state index in [0.717, 1.165) is 36.4 Å². The molecule has 0 saturated carbocycles. The SMILES string of the molecule is CC(C)OC(C(=O)O)(c1ccc(C(F)(F)F)cc1)c1cccc(-c2ccc(C(F)(F)F)cc2)c1. The number of hydrogen-bond donors (Lipinski definition) is 1. The first-order chi connectivity index (χ1) is 15.7. The molecule has 3 rings (SSSR count). The van der Waals surface area contributed by atoms with E-state index < -0.39 is 41.2 Å². The molecular formula is C25H20F6O3. The zero-order valence-electron chi connectivity index (χ0n) is 18.0. The normalized spacial score (nSPS) is 14.1. The molecule has 0 spiro atoms. The number of halogens is 6. The van der Waals surface area contributed by atoms with Gasteiger partial charge in [0.15, 0.2) is 0 Å². The van der Waals surface area contributed by atoms with Gasteiger partial charge in [-0.1, -0.05) is 42.5 Å². The molecule has 0 radical (unpaired) electrons. The number of ether oxygens (including phenoxy) is 1. The van der Waals surface area contributed by atoms with Crippen LogP contribution in [0.4, 0.5) is 26.3 Å². The molecule has 1 unspecified atom stereocenters. The molecule has 3 aromatic rings. The van der Waals surface area contributed by atoms with E-state index >= 15 is 0 Å². The van der Waals surface area contributed by atoms with Gasteiger partial charge in [-0.25, -0.2) is 4.79 Å². The standard InChI is InChI=1S/C25H20F6O3/c1-15(2)34-23(22(32)33,18-10-12-20(13-11-18)25(29,30)31)21-5-3-4-17(14-21)16-6-8-19(9-7-16)24(26,27)28/h3-15H,1-2H3,(H,32,33). The summed E-state index contributed by atoms with van der Waals surface area (Å²) in [5, 5.41) is 10.2. The molecule has 0 fully saturated rings. The lowest BCUT2D eigenvalue weighted by molar-refractivity contribution is -0.166. The minimum atomic E-state index is -4.61. The van der Waals surface area contributed by atoms with Crippen molar-refractivity contribution in [1.82, 2.24) is 0 Å². The zero-order chi connectivity index (χ0) is 25.3. The molecule has 3 nitrogen and oxygen atoms in total. The summed E-state index contributed by atoms with van der Waals surface area (Å²) in [5.74, 6) is -1.45. The monoisotopic (exact) mass is 482 g/mol. The Morgan fingerprint density at radius 1 is 0.706 bits per heavy atom. The smallest absolute Gasteiger partial charge is 0.416 e. The van der Waals surface area contributed by atoms with Crippen LogP contribution in [0.1, 0.15) is 36.1 Å². The summed E-state index contributed by atoms with van der Waals surface area (Å²) in [5.41, 5.74) is -3.06. The fourth-order valence-electron chi connectivity index (χ4n) is 3.62. The predicted molar refractivity (Wildman–Crippen MR) is 113 cm³/mol. The molecule has 0 aliphatic heterocycles. The van der Waals surface area contributed by atoms with Gasteiger partial charge in [-0.2, -0.15) is 26.3 Å². The van der Waals surface area contributed by atoms with Gasteiger partial charge in [0, 0.05) is 5.56 Å². The maximum Gasteiger partial charge on any atom is 0.416 e. The highest BCUT2D eigenvalue weighted by Gasteiger charge is 2.45. The van der Waals surface area contributed by atoms with Crippen molar-refractivity contribution in [2.24, 2.45) is 0 Å². The fourth-order valence-corrected chi connectivity index (χ4v) is 3.62. The van der Waals surface area contributed by atoms with E-state index in [1.54, 1.807) is 19.9 Å². The zero-order valence-corrected chi connectivity index (χ0v) is 18.0. The molecule has 3 aromatic carbocycles. The lowest BCUT2D eigenvalue weighted by Gasteiger charge is -2.33. The Kier molecular flexibility index (Phi) is 6.80. The topological polar surface area (TPSA) is 46.5 Å². The fraction of sp³-hybridized carbons (Fsp3) is 0.240. The molecule has 34 heavy (non-hydrogen) atoms. The van der Waals surface area contributed by atoms with E-state index in [-0.39, 0.29) is 11.1 Å². The van der Waals surface area contributed by atoms with E-state index in [4.69, 9.17) is 4.74 Å². The highest BCUT2D eigenvalue weighted by atomic mass is 19.4. The van der Waals surface area contributed by atoms with Crippen molar-refractivity contribution in [3.8, 4) is 11.1 Å². The van der Waals surface area contributed by atoms with Gasteiger partial charge in [0.2, 0.25) is 5.60 Å². The molecule has 0 bridgehead atoms. The van der Waals surface area contributed by atoms with Crippen LogP contribution in [0.25, 0.3) is 11.1 Å². The van der Waals surface area contributed by atoms with Gasteiger partial charge in [0.1, 0.15) is 0 Å². The van der Waals surface area contributed by atoms with Crippen molar-refractivity contribution >= 4 is 5.97 Å². The highest BCUT2D eigenvalue weighted by Crippen LogP contribution is 2.39. The Balaban J connectivity index is 2.15. The van der Waals surface area contributed by atoms with E-state index in [9.17, 15) is 36.2 Å². The van der Waals surface area contributed by atoms with Gasteiger partial charge < -0.3 is 9.84 Å². The second-order valence-corrected chi connectivity index (χ2v) is 7.88. The minimum absolute atomic E-state index is 0.0359. The number of hydrogen-bond acceptors (Lipinski definition) is 2. The first kappa shape index (κ1) is 25.3. The Morgan fingerprint density at radius 3 is 1.62 bits per heavy atom. The molecule has 0 heterocycles. The van der Waals surface area contributed by atoms with Crippen LogP contribution in [-0.2, 0) is 27.5 Å². The molecule has 0 aromatic heterocycles. The largest absolute Gasteiger partial charge is 0.479 e. The van der Waals surface area contributed by atoms with Crippen LogP contribution in [0.15, 0.2) is 72.8 Å². The van der Waals surface area contributed by atoms with Crippen LogP contribution in [0, 0.1) is 0 Å². The summed E-state index contributed by atoms with van der Waals surface area (Å²) < 4.78 is 83.6.